The smallest absolute Gasteiger partial charge is 0.263 e. The minimum atomic E-state index is -3.69. The molecule has 2 N–H and O–H groups in total. The fourth-order valence-corrected chi connectivity index (χ4v) is 3.98. The number of rotatable bonds is 5. The number of nitrogens with one attached hydrogen (secondary N) is 2. The van der Waals surface area contributed by atoms with E-state index in [-0.39, 0.29) is 10.7 Å². The average molecular weight is 352 g/mol. The number of nitrogens with zero attached hydrogens (tertiary/aromatic N) is 1. The van der Waals surface area contributed by atoms with Crippen molar-refractivity contribution >= 4 is 33.1 Å². The SMILES string of the molecule is O=S(=O)(Nc1ccc(NC2CCCC2)cn1)c1cccc(Cl)c1. The summed E-state index contributed by atoms with van der Waals surface area (Å²) in [5.41, 5.74) is 0.905. The molecule has 0 aliphatic heterocycles. The van der Waals surface area contributed by atoms with Crippen LogP contribution in [-0.2, 0) is 10.0 Å². The fourth-order valence-electron chi connectivity index (χ4n) is 2.68. The van der Waals surface area contributed by atoms with Crippen molar-refractivity contribution in [3.8, 4) is 0 Å². The molecule has 0 unspecified atom stereocenters. The number of sulfonamides is 1. The van der Waals surface area contributed by atoms with E-state index in [1.54, 1.807) is 24.4 Å². The van der Waals surface area contributed by atoms with Crippen LogP contribution < -0.4 is 10.0 Å². The van der Waals surface area contributed by atoms with Crippen LogP contribution in [0.5, 0.6) is 0 Å². The number of halogens is 1. The Morgan fingerprint density at radius 1 is 1.13 bits per heavy atom. The Balaban J connectivity index is 1.70. The van der Waals surface area contributed by atoms with Crippen LogP contribution in [0.1, 0.15) is 25.7 Å². The molecule has 1 heterocycles. The Morgan fingerprint density at radius 3 is 2.57 bits per heavy atom. The molecule has 0 bridgehead atoms. The highest BCUT2D eigenvalue weighted by molar-refractivity contribution is 7.92. The van der Waals surface area contributed by atoms with Gasteiger partial charge < -0.3 is 5.32 Å². The molecule has 0 spiro atoms. The van der Waals surface area contributed by atoms with E-state index in [1.165, 1.54) is 37.8 Å². The van der Waals surface area contributed by atoms with E-state index < -0.39 is 10.0 Å². The molecule has 2 aromatic rings. The Kier molecular flexibility index (Phi) is 4.73. The number of hydrogen-bond donors (Lipinski definition) is 2. The van der Waals surface area contributed by atoms with Gasteiger partial charge >= 0.3 is 0 Å². The lowest BCUT2D eigenvalue weighted by Crippen LogP contribution is -2.16. The maximum Gasteiger partial charge on any atom is 0.263 e. The zero-order chi connectivity index (χ0) is 16.3. The van der Waals surface area contributed by atoms with Crippen molar-refractivity contribution in [3.05, 3.63) is 47.6 Å². The van der Waals surface area contributed by atoms with Gasteiger partial charge in [-0.05, 0) is 43.2 Å². The van der Waals surface area contributed by atoms with E-state index in [0.29, 0.717) is 11.1 Å². The predicted molar refractivity (Wildman–Crippen MR) is 92.4 cm³/mol. The third kappa shape index (κ3) is 4.14. The normalized spacial score (nSPS) is 15.5. The summed E-state index contributed by atoms with van der Waals surface area (Å²) in [7, 11) is -3.69. The monoisotopic (exact) mass is 351 g/mol. The maximum absolute atomic E-state index is 12.3. The second-order valence-corrected chi connectivity index (χ2v) is 7.74. The Bertz CT molecular complexity index is 772. The highest BCUT2D eigenvalue weighted by Gasteiger charge is 2.16. The molecule has 1 fully saturated rings. The molecule has 5 nitrogen and oxygen atoms in total. The summed E-state index contributed by atoms with van der Waals surface area (Å²) in [6.45, 7) is 0. The van der Waals surface area contributed by atoms with Gasteiger partial charge in [-0.15, -0.1) is 0 Å². The van der Waals surface area contributed by atoms with Crippen molar-refractivity contribution in [1.29, 1.82) is 0 Å². The van der Waals surface area contributed by atoms with Gasteiger partial charge in [0.2, 0.25) is 0 Å². The van der Waals surface area contributed by atoms with E-state index in [1.807, 2.05) is 6.07 Å². The first-order valence-electron chi connectivity index (χ1n) is 7.54. The zero-order valence-electron chi connectivity index (χ0n) is 12.5. The van der Waals surface area contributed by atoms with Crippen molar-refractivity contribution in [2.75, 3.05) is 10.0 Å². The zero-order valence-corrected chi connectivity index (χ0v) is 14.1. The standard InChI is InChI=1S/C16H18ClN3O2S/c17-12-4-3-7-15(10-12)23(21,22)20-16-9-8-14(11-18-16)19-13-5-1-2-6-13/h3-4,7-11,13,19H,1-2,5-6H2,(H,18,20). The van der Waals surface area contributed by atoms with E-state index in [2.05, 4.69) is 15.0 Å². The van der Waals surface area contributed by atoms with Gasteiger partial charge in [0.15, 0.2) is 0 Å². The van der Waals surface area contributed by atoms with Crippen molar-refractivity contribution in [2.24, 2.45) is 0 Å². The van der Waals surface area contributed by atoms with Gasteiger partial charge in [0, 0.05) is 11.1 Å². The molecule has 1 aromatic heterocycles. The third-order valence-corrected chi connectivity index (χ3v) is 5.42. The molecule has 7 heteroatoms. The lowest BCUT2D eigenvalue weighted by Gasteiger charge is -2.13. The molecular formula is C16H18ClN3O2S. The first kappa shape index (κ1) is 16.1. The quantitative estimate of drug-likeness (QED) is 0.857. The molecule has 3 rings (SSSR count). The van der Waals surface area contributed by atoms with Gasteiger partial charge in [0.1, 0.15) is 5.82 Å². The van der Waals surface area contributed by atoms with Gasteiger partial charge in [-0.1, -0.05) is 30.5 Å². The Hall–Kier alpha value is -1.79. The summed E-state index contributed by atoms with van der Waals surface area (Å²) in [4.78, 5) is 4.28. The lowest BCUT2D eigenvalue weighted by molar-refractivity contribution is 0.601. The molecule has 0 atom stereocenters. The molecule has 1 aliphatic rings. The molecule has 122 valence electrons. The topological polar surface area (TPSA) is 71.1 Å². The van der Waals surface area contributed by atoms with E-state index >= 15 is 0 Å². The maximum atomic E-state index is 12.3. The number of pyridine rings is 1. The van der Waals surface area contributed by atoms with Gasteiger partial charge in [-0.3, -0.25) is 4.72 Å². The van der Waals surface area contributed by atoms with Gasteiger partial charge in [0.25, 0.3) is 10.0 Å². The molecule has 23 heavy (non-hydrogen) atoms. The van der Waals surface area contributed by atoms with E-state index in [4.69, 9.17) is 11.6 Å². The van der Waals surface area contributed by atoms with Crippen molar-refractivity contribution in [3.63, 3.8) is 0 Å². The van der Waals surface area contributed by atoms with Gasteiger partial charge in [0.05, 0.1) is 16.8 Å². The molecule has 0 saturated heterocycles. The van der Waals surface area contributed by atoms with E-state index in [9.17, 15) is 8.42 Å². The van der Waals surface area contributed by atoms with Crippen molar-refractivity contribution in [1.82, 2.24) is 4.98 Å². The second-order valence-electron chi connectivity index (χ2n) is 5.62. The third-order valence-electron chi connectivity index (χ3n) is 3.83. The predicted octanol–water partition coefficient (Wildman–Crippen LogP) is 3.89. The first-order chi connectivity index (χ1) is 11.0. The van der Waals surface area contributed by atoms with Crippen LogP contribution in [0.4, 0.5) is 11.5 Å². The molecule has 1 aliphatic carbocycles. The number of aromatic nitrogens is 1. The average Bonchev–Trinajstić information content (AvgIpc) is 3.02. The van der Waals surface area contributed by atoms with Gasteiger partial charge in [-0.25, -0.2) is 13.4 Å². The Labute approximate surface area is 141 Å². The molecule has 0 amide bonds. The number of anilines is 2. The molecule has 1 aromatic carbocycles. The summed E-state index contributed by atoms with van der Waals surface area (Å²) < 4.78 is 27.0. The minimum Gasteiger partial charge on any atom is -0.381 e. The van der Waals surface area contributed by atoms with Crippen LogP contribution >= 0.6 is 11.6 Å². The lowest BCUT2D eigenvalue weighted by atomic mass is 10.2. The van der Waals surface area contributed by atoms with Crippen LogP contribution in [0, 0.1) is 0 Å². The van der Waals surface area contributed by atoms with Crippen LogP contribution in [0.2, 0.25) is 5.02 Å². The Morgan fingerprint density at radius 2 is 1.91 bits per heavy atom. The molecule has 1 saturated carbocycles. The second kappa shape index (κ2) is 6.76. The highest BCUT2D eigenvalue weighted by Crippen LogP contribution is 2.23. The highest BCUT2D eigenvalue weighted by atomic mass is 35.5. The number of hydrogen-bond acceptors (Lipinski definition) is 4. The van der Waals surface area contributed by atoms with Crippen LogP contribution in [0.15, 0.2) is 47.5 Å². The summed E-state index contributed by atoms with van der Waals surface area (Å²) in [5, 5.41) is 3.79. The minimum absolute atomic E-state index is 0.111. The molecular weight excluding hydrogens is 334 g/mol. The largest absolute Gasteiger partial charge is 0.381 e. The summed E-state index contributed by atoms with van der Waals surface area (Å²) >= 11 is 5.84. The van der Waals surface area contributed by atoms with E-state index in [0.717, 1.165) is 5.69 Å². The fraction of sp³-hybridized carbons (Fsp3) is 0.312. The summed E-state index contributed by atoms with van der Waals surface area (Å²) in [6, 6.07) is 10.1. The van der Waals surface area contributed by atoms with Crippen molar-refractivity contribution < 1.29 is 8.42 Å². The van der Waals surface area contributed by atoms with Crippen LogP contribution in [-0.4, -0.2) is 19.4 Å². The summed E-state index contributed by atoms with van der Waals surface area (Å²) in [5.74, 6) is 0.280. The summed E-state index contributed by atoms with van der Waals surface area (Å²) in [6.07, 6.45) is 6.49. The van der Waals surface area contributed by atoms with Crippen LogP contribution in [0.25, 0.3) is 0 Å². The van der Waals surface area contributed by atoms with Crippen molar-refractivity contribution in [2.45, 2.75) is 36.6 Å². The van der Waals surface area contributed by atoms with Gasteiger partial charge in [-0.2, -0.15) is 0 Å². The first-order valence-corrected chi connectivity index (χ1v) is 9.40. The number of benzene rings is 1. The van der Waals surface area contributed by atoms with Crippen LogP contribution in [0.3, 0.4) is 0 Å². The molecule has 0 radical (unpaired) electrons.